The maximum atomic E-state index is 12.1. The predicted octanol–water partition coefficient (Wildman–Crippen LogP) is 3.34. The number of nitrogens with one attached hydrogen (secondary N) is 1. The number of fused-ring (bicyclic) bond motifs is 1. The van der Waals surface area contributed by atoms with Crippen molar-refractivity contribution in [1.82, 2.24) is 0 Å². The SMILES string of the molecule is CC(=O)Nc1c(O)c2ccc(OCc3ccccc3)c(C)c2oc1=O. The Morgan fingerprint density at radius 1 is 1.20 bits per heavy atom. The lowest BCUT2D eigenvalue weighted by molar-refractivity contribution is -0.114. The van der Waals surface area contributed by atoms with Crippen molar-refractivity contribution in [2.24, 2.45) is 0 Å². The first kappa shape index (κ1) is 16.6. The fourth-order valence-corrected chi connectivity index (χ4v) is 2.54. The molecular formula is C19H17NO5. The van der Waals surface area contributed by atoms with Gasteiger partial charge in [0.1, 0.15) is 17.9 Å². The number of aromatic hydroxyl groups is 1. The quantitative estimate of drug-likeness (QED) is 0.712. The van der Waals surface area contributed by atoms with Gasteiger partial charge in [-0.1, -0.05) is 30.3 Å². The molecule has 0 unspecified atom stereocenters. The topological polar surface area (TPSA) is 88.8 Å². The third-order valence-corrected chi connectivity index (χ3v) is 3.79. The number of hydrogen-bond donors (Lipinski definition) is 2. The first-order valence-electron chi connectivity index (χ1n) is 7.71. The van der Waals surface area contributed by atoms with Crippen molar-refractivity contribution in [2.75, 3.05) is 5.32 Å². The molecule has 0 atom stereocenters. The molecule has 6 nitrogen and oxygen atoms in total. The Kier molecular flexibility index (Phi) is 4.43. The maximum absolute atomic E-state index is 12.1. The molecule has 2 aromatic carbocycles. The third-order valence-electron chi connectivity index (χ3n) is 3.79. The van der Waals surface area contributed by atoms with Gasteiger partial charge in [0.25, 0.3) is 0 Å². The summed E-state index contributed by atoms with van der Waals surface area (Å²) in [6.45, 7) is 3.35. The minimum atomic E-state index is -0.816. The zero-order chi connectivity index (χ0) is 18.0. The molecule has 0 spiro atoms. The summed E-state index contributed by atoms with van der Waals surface area (Å²) >= 11 is 0. The fraction of sp³-hybridized carbons (Fsp3) is 0.158. The second-order valence-electron chi connectivity index (χ2n) is 5.63. The first-order chi connectivity index (χ1) is 12.0. The van der Waals surface area contributed by atoms with Gasteiger partial charge in [0.2, 0.25) is 5.91 Å². The second kappa shape index (κ2) is 6.68. The van der Waals surface area contributed by atoms with E-state index >= 15 is 0 Å². The molecule has 128 valence electrons. The summed E-state index contributed by atoms with van der Waals surface area (Å²) in [7, 11) is 0. The minimum absolute atomic E-state index is 0.224. The zero-order valence-electron chi connectivity index (χ0n) is 13.8. The molecule has 0 aliphatic rings. The van der Waals surface area contributed by atoms with Gasteiger partial charge in [-0.3, -0.25) is 4.79 Å². The van der Waals surface area contributed by atoms with Crippen molar-refractivity contribution < 1.29 is 19.1 Å². The van der Waals surface area contributed by atoms with E-state index in [-0.39, 0.29) is 17.0 Å². The number of hydrogen-bond acceptors (Lipinski definition) is 5. The lowest BCUT2D eigenvalue weighted by Crippen LogP contribution is -2.15. The van der Waals surface area contributed by atoms with E-state index in [0.29, 0.717) is 23.3 Å². The molecule has 0 bridgehead atoms. The van der Waals surface area contributed by atoms with Crippen LogP contribution in [0.5, 0.6) is 11.5 Å². The van der Waals surface area contributed by atoms with Crippen molar-refractivity contribution in [3.05, 3.63) is 64.0 Å². The summed E-state index contributed by atoms with van der Waals surface area (Å²) in [6, 6.07) is 12.9. The van der Waals surface area contributed by atoms with Crippen LogP contribution in [0, 0.1) is 6.92 Å². The van der Waals surface area contributed by atoms with Crippen LogP contribution < -0.4 is 15.7 Å². The maximum Gasteiger partial charge on any atom is 0.364 e. The fourth-order valence-electron chi connectivity index (χ4n) is 2.54. The number of carbonyl (C=O) groups excluding carboxylic acids is 1. The lowest BCUT2D eigenvalue weighted by atomic mass is 10.1. The average Bonchev–Trinajstić information content (AvgIpc) is 2.59. The Morgan fingerprint density at radius 3 is 2.60 bits per heavy atom. The van der Waals surface area contributed by atoms with E-state index in [0.717, 1.165) is 5.56 Å². The molecule has 1 aromatic heterocycles. The van der Waals surface area contributed by atoms with E-state index in [1.165, 1.54) is 6.92 Å². The van der Waals surface area contributed by atoms with Gasteiger partial charge >= 0.3 is 5.63 Å². The van der Waals surface area contributed by atoms with Gasteiger partial charge < -0.3 is 19.6 Å². The molecular weight excluding hydrogens is 322 g/mol. The summed E-state index contributed by atoms with van der Waals surface area (Å²) in [5, 5.41) is 12.9. The number of anilines is 1. The molecule has 0 fully saturated rings. The Labute approximate surface area is 143 Å². The lowest BCUT2D eigenvalue weighted by Gasteiger charge is -2.12. The van der Waals surface area contributed by atoms with Gasteiger partial charge in [-0.2, -0.15) is 0 Å². The molecule has 0 radical (unpaired) electrons. The highest BCUT2D eigenvalue weighted by molar-refractivity contribution is 5.97. The molecule has 1 amide bonds. The highest BCUT2D eigenvalue weighted by Gasteiger charge is 2.18. The number of rotatable bonds is 4. The molecule has 0 saturated heterocycles. The van der Waals surface area contributed by atoms with Crippen LogP contribution in [-0.4, -0.2) is 11.0 Å². The van der Waals surface area contributed by atoms with Crippen LogP contribution in [0.2, 0.25) is 0 Å². The van der Waals surface area contributed by atoms with Gasteiger partial charge in [0.05, 0.1) is 5.39 Å². The van der Waals surface area contributed by atoms with E-state index < -0.39 is 11.5 Å². The molecule has 25 heavy (non-hydrogen) atoms. The van der Waals surface area contributed by atoms with Gasteiger partial charge in [0.15, 0.2) is 11.4 Å². The Balaban J connectivity index is 2.00. The van der Waals surface area contributed by atoms with Crippen LogP contribution >= 0.6 is 0 Å². The minimum Gasteiger partial charge on any atom is -0.505 e. The van der Waals surface area contributed by atoms with Crippen LogP contribution in [0.15, 0.2) is 51.7 Å². The van der Waals surface area contributed by atoms with Crippen LogP contribution in [0.3, 0.4) is 0 Å². The summed E-state index contributed by atoms with van der Waals surface area (Å²) in [5.41, 5.74) is 0.741. The summed E-state index contributed by atoms with van der Waals surface area (Å²) in [5.74, 6) is -0.244. The summed E-state index contributed by atoms with van der Waals surface area (Å²) in [4.78, 5) is 23.2. The van der Waals surface area contributed by atoms with E-state index in [4.69, 9.17) is 9.15 Å². The molecule has 3 aromatic rings. The molecule has 1 heterocycles. The number of amides is 1. The number of aryl methyl sites for hydroxylation is 1. The molecule has 6 heteroatoms. The first-order valence-corrected chi connectivity index (χ1v) is 7.71. The zero-order valence-corrected chi connectivity index (χ0v) is 13.8. The number of benzene rings is 2. The standard InChI is InChI=1S/C19H17NO5/c1-11-15(24-10-13-6-4-3-5-7-13)9-8-14-17(22)16(20-12(2)21)19(23)25-18(11)14/h3-9,22H,10H2,1-2H3,(H,20,21). The normalized spacial score (nSPS) is 10.6. The van der Waals surface area contributed by atoms with E-state index in [1.807, 2.05) is 30.3 Å². The third kappa shape index (κ3) is 3.33. The molecule has 3 rings (SSSR count). The molecule has 0 saturated carbocycles. The van der Waals surface area contributed by atoms with Crippen LogP contribution in [0.25, 0.3) is 11.0 Å². The monoisotopic (exact) mass is 339 g/mol. The van der Waals surface area contributed by atoms with Gasteiger partial charge in [-0.05, 0) is 24.6 Å². The number of ether oxygens (including phenoxy) is 1. The predicted molar refractivity (Wildman–Crippen MR) is 94.0 cm³/mol. The largest absolute Gasteiger partial charge is 0.505 e. The number of carbonyl (C=O) groups is 1. The van der Waals surface area contributed by atoms with Gasteiger partial charge in [-0.15, -0.1) is 0 Å². The molecule has 0 aliphatic heterocycles. The smallest absolute Gasteiger partial charge is 0.364 e. The van der Waals surface area contributed by atoms with Crippen molar-refractivity contribution in [1.29, 1.82) is 0 Å². The van der Waals surface area contributed by atoms with Crippen LogP contribution in [0.4, 0.5) is 5.69 Å². The van der Waals surface area contributed by atoms with Crippen molar-refractivity contribution in [3.63, 3.8) is 0 Å². The van der Waals surface area contributed by atoms with Gasteiger partial charge in [0, 0.05) is 12.5 Å². The van der Waals surface area contributed by atoms with Crippen molar-refractivity contribution in [2.45, 2.75) is 20.5 Å². The Bertz CT molecular complexity index is 992. The van der Waals surface area contributed by atoms with Crippen molar-refractivity contribution in [3.8, 4) is 11.5 Å². The molecule has 2 N–H and O–H groups in total. The average molecular weight is 339 g/mol. The van der Waals surface area contributed by atoms with Crippen LogP contribution in [0.1, 0.15) is 18.1 Å². The van der Waals surface area contributed by atoms with E-state index in [9.17, 15) is 14.7 Å². The van der Waals surface area contributed by atoms with Gasteiger partial charge in [-0.25, -0.2) is 4.79 Å². The highest BCUT2D eigenvalue weighted by atomic mass is 16.5. The summed E-state index contributed by atoms with van der Waals surface area (Å²) < 4.78 is 11.1. The van der Waals surface area contributed by atoms with E-state index in [1.54, 1.807) is 19.1 Å². The van der Waals surface area contributed by atoms with Crippen LogP contribution in [-0.2, 0) is 11.4 Å². The Hall–Kier alpha value is -3.28. The Morgan fingerprint density at radius 2 is 1.92 bits per heavy atom. The van der Waals surface area contributed by atoms with Crippen molar-refractivity contribution >= 4 is 22.6 Å². The second-order valence-corrected chi connectivity index (χ2v) is 5.63. The molecule has 0 aliphatic carbocycles. The van der Waals surface area contributed by atoms with E-state index in [2.05, 4.69) is 5.32 Å². The highest BCUT2D eigenvalue weighted by Crippen LogP contribution is 2.35. The summed E-state index contributed by atoms with van der Waals surface area (Å²) in [6.07, 6.45) is 0.